The zero-order valence-corrected chi connectivity index (χ0v) is 29.9. The van der Waals surface area contributed by atoms with Crippen molar-refractivity contribution in [2.24, 2.45) is 0 Å². The molecule has 258 valence electrons. The van der Waals surface area contributed by atoms with Crippen molar-refractivity contribution in [3.8, 4) is 73.2 Å². The first-order valence-corrected chi connectivity index (χ1v) is 18.5. The van der Waals surface area contributed by atoms with Gasteiger partial charge < -0.3 is 4.57 Å². The van der Waals surface area contributed by atoms with E-state index in [1.54, 1.807) is 0 Å². The van der Waals surface area contributed by atoms with Gasteiger partial charge in [-0.15, -0.1) is 0 Å². The number of nitrogens with zero attached hydrogens (tertiary/aromatic N) is 4. The van der Waals surface area contributed by atoms with Crippen molar-refractivity contribution in [2.45, 2.75) is 0 Å². The topological polar surface area (TPSA) is 43.6 Å². The molecule has 2 aromatic heterocycles. The fourth-order valence-electron chi connectivity index (χ4n) is 7.66. The van der Waals surface area contributed by atoms with Crippen LogP contribution in [0.25, 0.3) is 95.0 Å². The molecular formula is C51H34N4. The summed E-state index contributed by atoms with van der Waals surface area (Å²) in [6, 6.07) is 72.2. The van der Waals surface area contributed by atoms with Crippen LogP contribution in [0.5, 0.6) is 0 Å². The lowest BCUT2D eigenvalue weighted by Crippen LogP contribution is -2.01. The Hall–Kier alpha value is -7.43. The SMILES string of the molecule is c1ccc(-c2nc(-c3ccc(-c4cccc(-c5ccccc5-n5c6ccccc6c6ccccc65)c4)cc3)nc(-c3ccccc3-c3ccccc3)n2)cc1. The number of benzene rings is 8. The third-order valence-corrected chi connectivity index (χ3v) is 10.3. The zero-order valence-electron chi connectivity index (χ0n) is 29.9. The molecule has 4 nitrogen and oxygen atoms in total. The van der Waals surface area contributed by atoms with E-state index in [4.69, 9.17) is 15.0 Å². The molecule has 0 bridgehead atoms. The van der Waals surface area contributed by atoms with Gasteiger partial charge in [-0.05, 0) is 52.1 Å². The van der Waals surface area contributed by atoms with E-state index in [1.807, 2.05) is 42.5 Å². The standard InChI is InChI=1S/C51H34N4/c1-3-16-36(17-4-1)41-22-7-8-26-45(41)51-53-49(37-18-5-2-6-19-37)52-50(54-51)38-32-30-35(31-33-38)39-20-15-21-40(34-39)42-23-9-12-27-46(42)55-47-28-13-10-24-43(47)44-25-11-14-29-48(44)55/h1-34H. The summed E-state index contributed by atoms with van der Waals surface area (Å²) in [6.45, 7) is 0. The Morgan fingerprint density at radius 2 is 0.727 bits per heavy atom. The van der Waals surface area contributed by atoms with E-state index in [1.165, 1.54) is 27.4 Å². The fraction of sp³-hybridized carbons (Fsp3) is 0. The second kappa shape index (κ2) is 13.8. The maximum absolute atomic E-state index is 5.09. The molecule has 0 saturated heterocycles. The van der Waals surface area contributed by atoms with Gasteiger partial charge in [0.15, 0.2) is 17.5 Å². The monoisotopic (exact) mass is 702 g/mol. The second-order valence-corrected chi connectivity index (χ2v) is 13.6. The van der Waals surface area contributed by atoms with E-state index in [-0.39, 0.29) is 0 Å². The number of rotatable bonds is 7. The van der Waals surface area contributed by atoms with Crippen LogP contribution >= 0.6 is 0 Å². The van der Waals surface area contributed by atoms with Crippen LogP contribution in [-0.4, -0.2) is 19.5 Å². The molecule has 4 heteroatoms. The molecule has 0 aliphatic heterocycles. The highest BCUT2D eigenvalue weighted by Gasteiger charge is 2.17. The van der Waals surface area contributed by atoms with Crippen LogP contribution < -0.4 is 0 Å². The highest BCUT2D eigenvalue weighted by molar-refractivity contribution is 6.09. The van der Waals surface area contributed by atoms with Gasteiger partial charge >= 0.3 is 0 Å². The Balaban J connectivity index is 1.04. The quantitative estimate of drug-likeness (QED) is 0.166. The van der Waals surface area contributed by atoms with Gasteiger partial charge in [0.2, 0.25) is 0 Å². The molecule has 2 heterocycles. The van der Waals surface area contributed by atoms with Gasteiger partial charge in [0, 0.05) is 33.0 Å². The molecular weight excluding hydrogens is 669 g/mol. The van der Waals surface area contributed by atoms with E-state index in [0.29, 0.717) is 17.5 Å². The molecule has 0 amide bonds. The number of hydrogen-bond acceptors (Lipinski definition) is 3. The minimum absolute atomic E-state index is 0.632. The summed E-state index contributed by atoms with van der Waals surface area (Å²) >= 11 is 0. The fourth-order valence-corrected chi connectivity index (χ4v) is 7.66. The summed E-state index contributed by atoms with van der Waals surface area (Å²) in [5.41, 5.74) is 13.2. The Labute approximate surface area is 319 Å². The molecule has 10 aromatic rings. The van der Waals surface area contributed by atoms with Crippen LogP contribution in [-0.2, 0) is 0 Å². The van der Waals surface area contributed by atoms with E-state index in [9.17, 15) is 0 Å². The van der Waals surface area contributed by atoms with E-state index < -0.39 is 0 Å². The summed E-state index contributed by atoms with van der Waals surface area (Å²) in [5.74, 6) is 1.91. The van der Waals surface area contributed by atoms with Gasteiger partial charge in [0.25, 0.3) is 0 Å². The molecule has 55 heavy (non-hydrogen) atoms. The van der Waals surface area contributed by atoms with Crippen molar-refractivity contribution in [3.05, 3.63) is 206 Å². The first-order valence-electron chi connectivity index (χ1n) is 18.5. The Morgan fingerprint density at radius 3 is 1.40 bits per heavy atom. The average Bonchev–Trinajstić information content (AvgIpc) is 3.61. The third kappa shape index (κ3) is 5.96. The minimum Gasteiger partial charge on any atom is -0.309 e. The van der Waals surface area contributed by atoms with Crippen molar-refractivity contribution < 1.29 is 0 Å². The van der Waals surface area contributed by atoms with E-state index in [2.05, 4.69) is 168 Å². The van der Waals surface area contributed by atoms with Crippen molar-refractivity contribution in [1.29, 1.82) is 0 Å². The normalized spacial score (nSPS) is 11.3. The number of aromatic nitrogens is 4. The summed E-state index contributed by atoms with van der Waals surface area (Å²) in [5, 5.41) is 2.51. The predicted octanol–water partition coefficient (Wildman–Crippen LogP) is 13.0. The Kier molecular flexibility index (Phi) is 8.12. The summed E-state index contributed by atoms with van der Waals surface area (Å²) in [6.07, 6.45) is 0. The summed E-state index contributed by atoms with van der Waals surface area (Å²) in [7, 11) is 0. The van der Waals surface area contributed by atoms with E-state index in [0.717, 1.165) is 50.2 Å². The van der Waals surface area contributed by atoms with Gasteiger partial charge in [-0.3, -0.25) is 0 Å². The van der Waals surface area contributed by atoms with Gasteiger partial charge in [0.05, 0.1) is 16.7 Å². The van der Waals surface area contributed by atoms with Gasteiger partial charge in [-0.1, -0.05) is 182 Å². The third-order valence-electron chi connectivity index (χ3n) is 10.3. The Bertz CT molecular complexity index is 2910. The lowest BCUT2D eigenvalue weighted by molar-refractivity contribution is 1.07. The second-order valence-electron chi connectivity index (χ2n) is 13.6. The first kappa shape index (κ1) is 32.2. The first-order chi connectivity index (χ1) is 27.3. The Morgan fingerprint density at radius 1 is 0.273 bits per heavy atom. The van der Waals surface area contributed by atoms with Crippen LogP contribution in [0.1, 0.15) is 0 Å². The van der Waals surface area contributed by atoms with Crippen LogP contribution in [0.4, 0.5) is 0 Å². The van der Waals surface area contributed by atoms with Crippen LogP contribution in [0, 0.1) is 0 Å². The van der Waals surface area contributed by atoms with Gasteiger partial charge in [-0.25, -0.2) is 15.0 Å². The molecule has 0 atom stereocenters. The lowest BCUT2D eigenvalue weighted by Gasteiger charge is -2.15. The van der Waals surface area contributed by atoms with Crippen molar-refractivity contribution in [2.75, 3.05) is 0 Å². The molecule has 0 aliphatic carbocycles. The van der Waals surface area contributed by atoms with Crippen LogP contribution in [0.15, 0.2) is 206 Å². The number of hydrogen-bond donors (Lipinski definition) is 0. The lowest BCUT2D eigenvalue weighted by atomic mass is 9.97. The zero-order chi connectivity index (χ0) is 36.6. The predicted molar refractivity (Wildman–Crippen MR) is 227 cm³/mol. The molecule has 0 radical (unpaired) electrons. The van der Waals surface area contributed by atoms with E-state index >= 15 is 0 Å². The molecule has 0 fully saturated rings. The highest BCUT2D eigenvalue weighted by atomic mass is 15.0. The molecule has 0 saturated carbocycles. The minimum atomic E-state index is 0.632. The molecule has 10 rings (SSSR count). The molecule has 0 N–H and O–H groups in total. The van der Waals surface area contributed by atoms with Crippen molar-refractivity contribution >= 4 is 21.8 Å². The molecule has 8 aromatic carbocycles. The van der Waals surface area contributed by atoms with Gasteiger partial charge in [0.1, 0.15) is 0 Å². The largest absolute Gasteiger partial charge is 0.309 e. The van der Waals surface area contributed by atoms with Gasteiger partial charge in [-0.2, -0.15) is 0 Å². The number of fused-ring (bicyclic) bond motifs is 3. The summed E-state index contributed by atoms with van der Waals surface area (Å²) in [4.78, 5) is 15.1. The molecule has 0 spiro atoms. The maximum Gasteiger partial charge on any atom is 0.164 e. The number of para-hydroxylation sites is 3. The van der Waals surface area contributed by atoms with Crippen LogP contribution in [0.3, 0.4) is 0 Å². The maximum atomic E-state index is 5.09. The molecule has 0 aliphatic rings. The molecule has 0 unspecified atom stereocenters. The van der Waals surface area contributed by atoms with Crippen LogP contribution in [0.2, 0.25) is 0 Å². The van der Waals surface area contributed by atoms with Crippen molar-refractivity contribution in [3.63, 3.8) is 0 Å². The summed E-state index contributed by atoms with van der Waals surface area (Å²) < 4.78 is 2.40. The highest BCUT2D eigenvalue weighted by Crippen LogP contribution is 2.38. The van der Waals surface area contributed by atoms with Crippen molar-refractivity contribution in [1.82, 2.24) is 19.5 Å². The average molecular weight is 703 g/mol. The smallest absolute Gasteiger partial charge is 0.164 e.